The van der Waals surface area contributed by atoms with Gasteiger partial charge in [0.25, 0.3) is 0 Å². The van der Waals surface area contributed by atoms with Crippen molar-refractivity contribution in [1.29, 1.82) is 0 Å². The Labute approximate surface area is 125 Å². The number of anilines is 2. The maximum Gasteiger partial charge on any atom is 0.228 e. The number of hydrogen-bond donors (Lipinski definition) is 2. The molecule has 0 radical (unpaired) electrons. The second-order valence-corrected chi connectivity index (χ2v) is 5.83. The molecule has 0 aliphatic heterocycles. The summed E-state index contributed by atoms with van der Waals surface area (Å²) in [5, 5.41) is 3.03. The lowest BCUT2D eigenvalue weighted by molar-refractivity contribution is -0.119. The van der Waals surface area contributed by atoms with Crippen LogP contribution in [0.3, 0.4) is 0 Å². The molecule has 0 bridgehead atoms. The van der Waals surface area contributed by atoms with Gasteiger partial charge in [-0.2, -0.15) is 0 Å². The number of hydrogen-bond acceptors (Lipinski definition) is 2. The molecule has 0 saturated heterocycles. The van der Waals surface area contributed by atoms with Gasteiger partial charge in [0.05, 0.1) is 11.4 Å². The standard InChI is InChI=1S/C18H20N2O/c1-11-7-8-16(19)17(12(11)2)20-18(21)15-9-13-5-3-4-6-14(13)10-15/h3-8,15H,9-10,19H2,1-2H3,(H,20,21). The Kier molecular flexibility index (Phi) is 3.42. The lowest BCUT2D eigenvalue weighted by Crippen LogP contribution is -2.24. The Bertz CT molecular complexity index is 681. The highest BCUT2D eigenvalue weighted by molar-refractivity contribution is 5.97. The number of fused-ring (bicyclic) bond motifs is 1. The average Bonchev–Trinajstić information content (AvgIpc) is 2.91. The zero-order valence-corrected chi connectivity index (χ0v) is 12.4. The summed E-state index contributed by atoms with van der Waals surface area (Å²) in [6.07, 6.45) is 1.62. The first-order chi connectivity index (χ1) is 10.1. The zero-order valence-electron chi connectivity index (χ0n) is 12.4. The van der Waals surface area contributed by atoms with Crippen molar-refractivity contribution in [3.05, 3.63) is 58.7 Å². The second-order valence-electron chi connectivity index (χ2n) is 5.83. The van der Waals surface area contributed by atoms with Crippen LogP contribution < -0.4 is 11.1 Å². The first kappa shape index (κ1) is 13.7. The molecule has 2 aromatic rings. The SMILES string of the molecule is Cc1ccc(N)c(NC(=O)C2Cc3ccccc3C2)c1C. The lowest BCUT2D eigenvalue weighted by atomic mass is 10.0. The number of nitrogens with two attached hydrogens (primary N) is 1. The summed E-state index contributed by atoms with van der Waals surface area (Å²) in [5.74, 6) is 0.0633. The van der Waals surface area contributed by atoms with Crippen molar-refractivity contribution in [3.63, 3.8) is 0 Å². The Morgan fingerprint density at radius 2 is 1.71 bits per heavy atom. The molecule has 3 heteroatoms. The minimum Gasteiger partial charge on any atom is -0.397 e. The predicted molar refractivity (Wildman–Crippen MR) is 86.3 cm³/mol. The smallest absolute Gasteiger partial charge is 0.228 e. The molecular weight excluding hydrogens is 260 g/mol. The van der Waals surface area contributed by atoms with Crippen LogP contribution in [-0.2, 0) is 17.6 Å². The molecule has 0 atom stereocenters. The molecule has 1 amide bonds. The Hall–Kier alpha value is -2.29. The van der Waals surface area contributed by atoms with Gasteiger partial charge in [-0.15, -0.1) is 0 Å². The van der Waals surface area contributed by atoms with Crippen LogP contribution in [0.1, 0.15) is 22.3 Å². The van der Waals surface area contributed by atoms with Gasteiger partial charge in [0.15, 0.2) is 0 Å². The van der Waals surface area contributed by atoms with Crippen LogP contribution in [0, 0.1) is 19.8 Å². The quantitative estimate of drug-likeness (QED) is 0.830. The maximum atomic E-state index is 12.5. The van der Waals surface area contributed by atoms with Crippen molar-refractivity contribution in [2.75, 3.05) is 11.1 Å². The van der Waals surface area contributed by atoms with Crippen LogP contribution in [-0.4, -0.2) is 5.91 Å². The summed E-state index contributed by atoms with van der Waals surface area (Å²) < 4.78 is 0. The number of carbonyl (C=O) groups excluding carboxylic acids is 1. The Balaban J connectivity index is 1.79. The van der Waals surface area contributed by atoms with E-state index in [0.29, 0.717) is 5.69 Å². The van der Waals surface area contributed by atoms with Gasteiger partial charge in [0.2, 0.25) is 5.91 Å². The highest BCUT2D eigenvalue weighted by atomic mass is 16.1. The molecule has 0 aromatic heterocycles. The first-order valence-electron chi connectivity index (χ1n) is 7.29. The van der Waals surface area contributed by atoms with E-state index in [1.165, 1.54) is 11.1 Å². The van der Waals surface area contributed by atoms with Crippen molar-refractivity contribution in [3.8, 4) is 0 Å². The second kappa shape index (κ2) is 5.24. The fraction of sp³-hybridized carbons (Fsp3) is 0.278. The minimum absolute atomic E-state index is 0.00159. The monoisotopic (exact) mass is 280 g/mol. The van der Waals surface area contributed by atoms with Crippen LogP contribution in [0.4, 0.5) is 11.4 Å². The van der Waals surface area contributed by atoms with Crippen LogP contribution >= 0.6 is 0 Å². The summed E-state index contributed by atoms with van der Waals surface area (Å²) >= 11 is 0. The molecular formula is C18H20N2O. The molecule has 0 heterocycles. The molecule has 2 aromatic carbocycles. The van der Waals surface area contributed by atoms with Crippen molar-refractivity contribution in [2.24, 2.45) is 5.92 Å². The first-order valence-corrected chi connectivity index (χ1v) is 7.29. The van der Waals surface area contributed by atoms with Gasteiger partial charge in [-0.05, 0) is 55.0 Å². The van der Waals surface area contributed by atoms with E-state index in [4.69, 9.17) is 5.73 Å². The van der Waals surface area contributed by atoms with Gasteiger partial charge in [-0.3, -0.25) is 4.79 Å². The van der Waals surface area contributed by atoms with Crippen molar-refractivity contribution in [1.82, 2.24) is 0 Å². The number of aryl methyl sites for hydroxylation is 1. The molecule has 3 N–H and O–H groups in total. The highest BCUT2D eigenvalue weighted by Crippen LogP contribution is 2.30. The van der Waals surface area contributed by atoms with E-state index in [-0.39, 0.29) is 11.8 Å². The zero-order chi connectivity index (χ0) is 15.0. The van der Waals surface area contributed by atoms with Gasteiger partial charge >= 0.3 is 0 Å². The molecule has 0 unspecified atom stereocenters. The maximum absolute atomic E-state index is 12.5. The number of carbonyl (C=O) groups is 1. The highest BCUT2D eigenvalue weighted by Gasteiger charge is 2.27. The third kappa shape index (κ3) is 2.51. The minimum atomic E-state index is 0.00159. The van der Waals surface area contributed by atoms with Crippen LogP contribution in [0.5, 0.6) is 0 Å². The summed E-state index contributed by atoms with van der Waals surface area (Å²) in [5.41, 5.74) is 12.1. The van der Waals surface area contributed by atoms with Gasteiger partial charge in [-0.25, -0.2) is 0 Å². The number of benzene rings is 2. The van der Waals surface area contributed by atoms with E-state index < -0.39 is 0 Å². The fourth-order valence-corrected chi connectivity index (χ4v) is 2.97. The van der Waals surface area contributed by atoms with E-state index in [1.807, 2.05) is 38.1 Å². The summed E-state index contributed by atoms with van der Waals surface area (Å²) in [7, 11) is 0. The van der Waals surface area contributed by atoms with E-state index in [9.17, 15) is 4.79 Å². The van der Waals surface area contributed by atoms with Gasteiger partial charge < -0.3 is 11.1 Å². The van der Waals surface area contributed by atoms with Gasteiger partial charge in [0, 0.05) is 5.92 Å². The number of amides is 1. The molecule has 0 fully saturated rings. The molecule has 3 nitrogen and oxygen atoms in total. The van der Waals surface area contributed by atoms with E-state index in [2.05, 4.69) is 17.4 Å². The summed E-state index contributed by atoms with van der Waals surface area (Å²) in [6.45, 7) is 4.01. The molecule has 21 heavy (non-hydrogen) atoms. The lowest BCUT2D eigenvalue weighted by Gasteiger charge is -2.16. The molecule has 1 aliphatic rings. The average molecular weight is 280 g/mol. The topological polar surface area (TPSA) is 55.1 Å². The molecule has 0 spiro atoms. The number of rotatable bonds is 2. The third-order valence-corrected chi connectivity index (χ3v) is 4.44. The number of nitrogen functional groups attached to an aromatic ring is 1. The van der Waals surface area contributed by atoms with E-state index in [1.54, 1.807) is 0 Å². The summed E-state index contributed by atoms with van der Waals surface area (Å²) in [6, 6.07) is 12.1. The Morgan fingerprint density at radius 3 is 2.33 bits per heavy atom. The summed E-state index contributed by atoms with van der Waals surface area (Å²) in [4.78, 5) is 12.5. The molecule has 3 rings (SSSR count). The Morgan fingerprint density at radius 1 is 1.10 bits per heavy atom. The predicted octanol–water partition coefficient (Wildman–Crippen LogP) is 3.24. The third-order valence-electron chi connectivity index (χ3n) is 4.44. The van der Waals surface area contributed by atoms with Crippen molar-refractivity contribution >= 4 is 17.3 Å². The van der Waals surface area contributed by atoms with Gasteiger partial charge in [-0.1, -0.05) is 30.3 Å². The molecule has 1 aliphatic carbocycles. The molecule has 108 valence electrons. The molecule has 0 saturated carbocycles. The largest absolute Gasteiger partial charge is 0.397 e. The van der Waals surface area contributed by atoms with Crippen LogP contribution in [0.2, 0.25) is 0 Å². The van der Waals surface area contributed by atoms with E-state index >= 15 is 0 Å². The van der Waals surface area contributed by atoms with Gasteiger partial charge in [0.1, 0.15) is 0 Å². The fourth-order valence-electron chi connectivity index (χ4n) is 2.97. The van der Waals surface area contributed by atoms with E-state index in [0.717, 1.165) is 29.7 Å². The van der Waals surface area contributed by atoms with Crippen molar-refractivity contribution < 1.29 is 4.79 Å². The normalized spacial score (nSPS) is 14.0. The van der Waals surface area contributed by atoms with Crippen molar-refractivity contribution in [2.45, 2.75) is 26.7 Å². The van der Waals surface area contributed by atoms with Crippen LogP contribution in [0.25, 0.3) is 0 Å². The number of nitrogens with one attached hydrogen (secondary N) is 1. The van der Waals surface area contributed by atoms with Crippen LogP contribution in [0.15, 0.2) is 36.4 Å².